The van der Waals surface area contributed by atoms with Crippen molar-refractivity contribution in [2.24, 2.45) is 0 Å². The third-order valence-corrected chi connectivity index (χ3v) is 4.93. The molecule has 0 saturated carbocycles. The summed E-state index contributed by atoms with van der Waals surface area (Å²) >= 11 is 1.33. The Hall–Kier alpha value is -2.64. The van der Waals surface area contributed by atoms with E-state index in [1.807, 2.05) is 24.3 Å². The van der Waals surface area contributed by atoms with Crippen molar-refractivity contribution in [3.8, 4) is 11.5 Å². The molecule has 128 valence electrons. The summed E-state index contributed by atoms with van der Waals surface area (Å²) in [5.41, 5.74) is 1.46. The molecule has 1 aliphatic rings. The maximum Gasteiger partial charge on any atom is 0.280 e. The second kappa shape index (κ2) is 6.70. The van der Waals surface area contributed by atoms with Crippen LogP contribution >= 0.6 is 11.3 Å². The van der Waals surface area contributed by atoms with Crippen molar-refractivity contribution in [2.75, 3.05) is 19.8 Å². The van der Waals surface area contributed by atoms with E-state index in [4.69, 9.17) is 9.47 Å². The first-order valence-corrected chi connectivity index (χ1v) is 8.74. The summed E-state index contributed by atoms with van der Waals surface area (Å²) in [6, 6.07) is 12.9. The van der Waals surface area contributed by atoms with E-state index >= 15 is 0 Å². The van der Waals surface area contributed by atoms with Gasteiger partial charge >= 0.3 is 0 Å². The fourth-order valence-electron chi connectivity index (χ4n) is 2.62. The van der Waals surface area contributed by atoms with E-state index in [0.29, 0.717) is 35.3 Å². The van der Waals surface area contributed by atoms with Crippen LogP contribution in [0.4, 0.5) is 0 Å². The van der Waals surface area contributed by atoms with Crippen LogP contribution in [0.2, 0.25) is 0 Å². The summed E-state index contributed by atoms with van der Waals surface area (Å²) in [4.78, 5) is 16.6. The van der Waals surface area contributed by atoms with Gasteiger partial charge in [-0.2, -0.15) is 0 Å². The van der Waals surface area contributed by atoms with E-state index in [1.165, 1.54) is 11.3 Å². The quantitative estimate of drug-likeness (QED) is 0.751. The minimum absolute atomic E-state index is 0.0917. The summed E-state index contributed by atoms with van der Waals surface area (Å²) in [5, 5.41) is 13.4. The third-order valence-electron chi connectivity index (χ3n) is 3.90. The lowest BCUT2D eigenvalue weighted by Gasteiger charge is -2.20. The molecule has 0 radical (unpaired) electrons. The van der Waals surface area contributed by atoms with Gasteiger partial charge < -0.3 is 19.9 Å². The Labute approximate surface area is 148 Å². The minimum Gasteiger partial charge on any atom is -0.486 e. The van der Waals surface area contributed by atoms with Gasteiger partial charge in [0, 0.05) is 6.54 Å². The Morgan fingerprint density at radius 2 is 2.00 bits per heavy atom. The van der Waals surface area contributed by atoms with E-state index in [0.717, 1.165) is 10.2 Å². The van der Waals surface area contributed by atoms with Crippen LogP contribution in [0.3, 0.4) is 0 Å². The van der Waals surface area contributed by atoms with Crippen molar-refractivity contribution in [3.63, 3.8) is 0 Å². The third kappa shape index (κ3) is 3.29. The number of fused-ring (bicyclic) bond motifs is 2. The lowest BCUT2D eigenvalue weighted by atomic mass is 10.1. The van der Waals surface area contributed by atoms with Crippen molar-refractivity contribution in [2.45, 2.75) is 6.10 Å². The van der Waals surface area contributed by atoms with Gasteiger partial charge in [0.15, 0.2) is 16.5 Å². The van der Waals surface area contributed by atoms with Gasteiger partial charge in [0.05, 0.1) is 16.3 Å². The number of hydrogen-bond acceptors (Lipinski definition) is 6. The molecule has 2 aromatic carbocycles. The number of amides is 1. The van der Waals surface area contributed by atoms with Crippen LogP contribution < -0.4 is 14.8 Å². The van der Waals surface area contributed by atoms with Crippen LogP contribution in [0.5, 0.6) is 11.5 Å². The number of nitrogens with zero attached hydrogens (tertiary/aromatic N) is 1. The Bertz CT molecular complexity index is 891. The number of rotatable bonds is 4. The average Bonchev–Trinajstić information content (AvgIpc) is 3.09. The number of aliphatic hydroxyl groups excluding tert-OH is 1. The lowest BCUT2D eigenvalue weighted by molar-refractivity contribution is 0.0915. The Balaban J connectivity index is 1.42. The number of carbonyl (C=O) groups is 1. The zero-order valence-corrected chi connectivity index (χ0v) is 14.1. The molecule has 2 N–H and O–H groups in total. The number of nitrogens with one attached hydrogen (secondary N) is 1. The molecule has 4 rings (SSSR count). The van der Waals surface area contributed by atoms with E-state index in [2.05, 4.69) is 10.3 Å². The second-order valence-corrected chi connectivity index (χ2v) is 6.65. The fraction of sp³-hybridized carbons (Fsp3) is 0.222. The number of benzene rings is 2. The number of para-hydroxylation sites is 1. The Morgan fingerprint density at radius 3 is 2.84 bits per heavy atom. The molecule has 0 bridgehead atoms. The number of carbonyl (C=O) groups excluding carboxylic acids is 1. The predicted octanol–water partition coefficient (Wildman–Crippen LogP) is 2.53. The number of aliphatic hydroxyl groups is 1. The molecule has 1 aromatic heterocycles. The number of thiazole rings is 1. The zero-order chi connectivity index (χ0) is 17.2. The van der Waals surface area contributed by atoms with Gasteiger partial charge in [-0.25, -0.2) is 4.98 Å². The average molecular weight is 356 g/mol. The van der Waals surface area contributed by atoms with Crippen LogP contribution in [0.1, 0.15) is 21.5 Å². The molecule has 25 heavy (non-hydrogen) atoms. The molecule has 2 heterocycles. The van der Waals surface area contributed by atoms with Crippen LogP contribution in [0.25, 0.3) is 10.2 Å². The molecular weight excluding hydrogens is 340 g/mol. The largest absolute Gasteiger partial charge is 0.486 e. The summed E-state index contributed by atoms with van der Waals surface area (Å²) in [7, 11) is 0. The van der Waals surface area contributed by atoms with Crippen molar-refractivity contribution in [1.82, 2.24) is 10.3 Å². The predicted molar refractivity (Wildman–Crippen MR) is 94.3 cm³/mol. The number of hydrogen-bond donors (Lipinski definition) is 2. The Morgan fingerprint density at radius 1 is 1.20 bits per heavy atom. The zero-order valence-electron chi connectivity index (χ0n) is 13.3. The van der Waals surface area contributed by atoms with Gasteiger partial charge in [-0.05, 0) is 29.8 Å². The maximum atomic E-state index is 12.3. The van der Waals surface area contributed by atoms with Crippen molar-refractivity contribution >= 4 is 27.5 Å². The molecular formula is C18H16N2O4S. The molecule has 0 unspecified atom stereocenters. The van der Waals surface area contributed by atoms with E-state index in [9.17, 15) is 9.90 Å². The van der Waals surface area contributed by atoms with Gasteiger partial charge in [0.2, 0.25) is 0 Å². The van der Waals surface area contributed by atoms with Crippen molar-refractivity contribution in [1.29, 1.82) is 0 Å². The van der Waals surface area contributed by atoms with E-state index in [1.54, 1.807) is 18.2 Å². The first-order valence-electron chi connectivity index (χ1n) is 7.92. The summed E-state index contributed by atoms with van der Waals surface area (Å²) in [5.74, 6) is 0.985. The number of aromatic nitrogens is 1. The first kappa shape index (κ1) is 15.9. The van der Waals surface area contributed by atoms with Crippen LogP contribution in [0, 0.1) is 0 Å². The molecule has 0 fully saturated rings. The fourth-order valence-corrected chi connectivity index (χ4v) is 3.50. The highest BCUT2D eigenvalue weighted by molar-refractivity contribution is 7.20. The number of ether oxygens (including phenoxy) is 2. The summed E-state index contributed by atoms with van der Waals surface area (Å²) in [6.07, 6.45) is -0.839. The highest BCUT2D eigenvalue weighted by Crippen LogP contribution is 2.32. The monoisotopic (exact) mass is 356 g/mol. The smallest absolute Gasteiger partial charge is 0.280 e. The molecule has 7 heteroatoms. The molecule has 1 atom stereocenters. The van der Waals surface area contributed by atoms with Crippen LogP contribution in [-0.4, -0.2) is 35.8 Å². The molecule has 3 aromatic rings. The first-order chi connectivity index (χ1) is 12.2. The molecule has 6 nitrogen and oxygen atoms in total. The Kier molecular flexibility index (Phi) is 4.25. The van der Waals surface area contributed by atoms with Gasteiger partial charge in [-0.15, -0.1) is 11.3 Å². The molecule has 0 aliphatic carbocycles. The lowest BCUT2D eigenvalue weighted by Crippen LogP contribution is -2.28. The van der Waals surface area contributed by atoms with E-state index in [-0.39, 0.29) is 12.5 Å². The molecule has 1 aliphatic heterocycles. The van der Waals surface area contributed by atoms with Crippen molar-refractivity contribution in [3.05, 3.63) is 53.0 Å². The standard InChI is InChI=1S/C18H16N2O4S/c21-13(11-5-6-14-15(9-11)24-8-7-23-14)10-19-17(22)18-20-12-3-1-2-4-16(12)25-18/h1-6,9,13,21H,7-8,10H2,(H,19,22)/t13-/m1/s1. The molecule has 1 amide bonds. The topological polar surface area (TPSA) is 80.7 Å². The van der Waals surface area contributed by atoms with Crippen LogP contribution in [-0.2, 0) is 0 Å². The van der Waals surface area contributed by atoms with Crippen LogP contribution in [0.15, 0.2) is 42.5 Å². The molecule has 0 saturated heterocycles. The summed E-state index contributed by atoms with van der Waals surface area (Å²) < 4.78 is 11.9. The SMILES string of the molecule is O=C(NC[C@@H](O)c1ccc2c(c1)OCCO2)c1nc2ccccc2s1. The van der Waals surface area contributed by atoms with Gasteiger partial charge in [-0.3, -0.25) is 4.79 Å². The van der Waals surface area contributed by atoms with Gasteiger partial charge in [0.25, 0.3) is 5.91 Å². The maximum absolute atomic E-state index is 12.3. The normalized spacial score (nSPS) is 14.3. The van der Waals surface area contributed by atoms with Gasteiger partial charge in [0.1, 0.15) is 13.2 Å². The second-order valence-electron chi connectivity index (χ2n) is 5.62. The summed E-state index contributed by atoms with van der Waals surface area (Å²) in [6.45, 7) is 1.10. The minimum atomic E-state index is -0.839. The molecule has 0 spiro atoms. The van der Waals surface area contributed by atoms with Crippen molar-refractivity contribution < 1.29 is 19.4 Å². The van der Waals surface area contributed by atoms with Gasteiger partial charge in [-0.1, -0.05) is 18.2 Å². The highest BCUT2D eigenvalue weighted by atomic mass is 32.1. The van der Waals surface area contributed by atoms with E-state index < -0.39 is 6.10 Å². The highest BCUT2D eigenvalue weighted by Gasteiger charge is 2.17.